The second-order valence-corrected chi connectivity index (χ2v) is 6.14. The molecule has 0 amide bonds. The van der Waals surface area contributed by atoms with Gasteiger partial charge in [0.15, 0.2) is 0 Å². The number of phenols is 1. The summed E-state index contributed by atoms with van der Waals surface area (Å²) >= 11 is 0. The van der Waals surface area contributed by atoms with E-state index in [1.54, 1.807) is 24.3 Å². The van der Waals surface area contributed by atoms with Gasteiger partial charge in [-0.2, -0.15) is 0 Å². The fourth-order valence-corrected chi connectivity index (χ4v) is 2.84. The molecule has 0 saturated heterocycles. The number of hydrogen-bond donors (Lipinski definition) is 1. The van der Waals surface area contributed by atoms with E-state index >= 15 is 0 Å². The number of oxime groups is 1. The molecule has 1 N–H and O–H groups in total. The van der Waals surface area contributed by atoms with Crippen LogP contribution in [0.25, 0.3) is 0 Å². The molecule has 0 aliphatic heterocycles. The van der Waals surface area contributed by atoms with Crippen LogP contribution in [0.3, 0.4) is 0 Å². The molecule has 118 valence electrons. The lowest BCUT2D eigenvalue weighted by Gasteiger charge is -2.22. The van der Waals surface area contributed by atoms with Crippen LogP contribution in [-0.4, -0.2) is 16.8 Å². The van der Waals surface area contributed by atoms with Crippen LogP contribution in [-0.2, 0) is 11.3 Å². The van der Waals surface area contributed by atoms with Crippen LogP contribution in [0, 0.1) is 12.8 Å². The number of fused-ring (bicyclic) bond motifs is 1. The van der Waals surface area contributed by atoms with Crippen LogP contribution >= 0.6 is 0 Å². The standard InChI is InChI=1S/C19H19NO3/c1-12-3-5-14(6-4-12)19(22)23-20-18-10-13(2)9-15-11-16(21)7-8-17(15)18/h3-8,11,13,21H,9-10H2,1-2H3/b20-18-/t13-/m0/s1. The Hall–Kier alpha value is -2.62. The molecule has 0 unspecified atom stereocenters. The Labute approximate surface area is 135 Å². The van der Waals surface area contributed by atoms with E-state index < -0.39 is 5.97 Å². The maximum Gasteiger partial charge on any atom is 0.365 e. The summed E-state index contributed by atoms with van der Waals surface area (Å²) in [6.07, 6.45) is 1.63. The fourth-order valence-electron chi connectivity index (χ4n) is 2.84. The van der Waals surface area contributed by atoms with Crippen molar-refractivity contribution in [2.75, 3.05) is 0 Å². The third-order valence-electron chi connectivity index (χ3n) is 4.04. The SMILES string of the molecule is Cc1ccc(C(=O)O/N=C2/C[C@@H](C)Cc3cc(O)ccc32)cc1. The molecule has 0 heterocycles. The highest BCUT2D eigenvalue weighted by atomic mass is 16.7. The quantitative estimate of drug-likeness (QED) is 0.677. The van der Waals surface area contributed by atoms with Gasteiger partial charge in [0.25, 0.3) is 0 Å². The van der Waals surface area contributed by atoms with Gasteiger partial charge >= 0.3 is 5.97 Å². The summed E-state index contributed by atoms with van der Waals surface area (Å²) in [6, 6.07) is 12.4. The van der Waals surface area contributed by atoms with E-state index in [4.69, 9.17) is 4.84 Å². The monoisotopic (exact) mass is 309 g/mol. The lowest BCUT2D eigenvalue weighted by molar-refractivity contribution is 0.0515. The molecule has 1 atom stereocenters. The number of nitrogens with zero attached hydrogens (tertiary/aromatic N) is 1. The number of rotatable bonds is 2. The van der Waals surface area contributed by atoms with E-state index in [9.17, 15) is 9.90 Å². The number of hydrogen-bond acceptors (Lipinski definition) is 4. The Kier molecular flexibility index (Phi) is 4.15. The molecular weight excluding hydrogens is 290 g/mol. The molecule has 1 aliphatic rings. The van der Waals surface area contributed by atoms with Gasteiger partial charge in [-0.25, -0.2) is 4.79 Å². The van der Waals surface area contributed by atoms with Crippen molar-refractivity contribution in [1.29, 1.82) is 0 Å². The number of aryl methyl sites for hydroxylation is 1. The van der Waals surface area contributed by atoms with E-state index in [1.165, 1.54) is 0 Å². The van der Waals surface area contributed by atoms with Crippen LogP contribution in [0.4, 0.5) is 0 Å². The smallest absolute Gasteiger partial charge is 0.365 e. The maximum atomic E-state index is 12.1. The number of benzene rings is 2. The van der Waals surface area contributed by atoms with E-state index in [0.29, 0.717) is 11.5 Å². The maximum absolute atomic E-state index is 12.1. The largest absolute Gasteiger partial charge is 0.508 e. The number of aromatic hydroxyl groups is 1. The average molecular weight is 309 g/mol. The van der Waals surface area contributed by atoms with Crippen LogP contribution in [0.5, 0.6) is 5.75 Å². The predicted octanol–water partition coefficient (Wildman–Crippen LogP) is 3.84. The van der Waals surface area contributed by atoms with Crippen molar-refractivity contribution >= 4 is 11.7 Å². The topological polar surface area (TPSA) is 58.9 Å². The molecule has 4 heteroatoms. The fraction of sp³-hybridized carbons (Fsp3) is 0.263. The molecule has 0 bridgehead atoms. The first-order valence-corrected chi connectivity index (χ1v) is 7.70. The average Bonchev–Trinajstić information content (AvgIpc) is 2.52. The van der Waals surface area contributed by atoms with Gasteiger partial charge in [-0.05, 0) is 61.6 Å². The Morgan fingerprint density at radius 3 is 2.65 bits per heavy atom. The van der Waals surface area contributed by atoms with E-state index in [-0.39, 0.29) is 5.75 Å². The summed E-state index contributed by atoms with van der Waals surface area (Å²) in [5.74, 6) is 0.172. The molecule has 0 radical (unpaired) electrons. The van der Waals surface area contributed by atoms with Crippen LogP contribution in [0.1, 0.15) is 40.4 Å². The van der Waals surface area contributed by atoms with Gasteiger partial charge in [-0.3, -0.25) is 0 Å². The molecule has 3 rings (SSSR count). The first kappa shape index (κ1) is 15.3. The minimum Gasteiger partial charge on any atom is -0.508 e. The predicted molar refractivity (Wildman–Crippen MR) is 88.7 cm³/mol. The van der Waals surface area contributed by atoms with Gasteiger partial charge in [-0.1, -0.05) is 29.8 Å². The zero-order valence-corrected chi connectivity index (χ0v) is 13.2. The summed E-state index contributed by atoms with van der Waals surface area (Å²) in [4.78, 5) is 17.2. The van der Waals surface area contributed by atoms with Crippen molar-refractivity contribution < 1.29 is 14.7 Å². The third-order valence-corrected chi connectivity index (χ3v) is 4.04. The third kappa shape index (κ3) is 3.42. The molecule has 0 saturated carbocycles. The van der Waals surface area contributed by atoms with E-state index in [2.05, 4.69) is 12.1 Å². The molecular formula is C19H19NO3. The van der Waals surface area contributed by atoms with Crippen molar-refractivity contribution in [3.05, 3.63) is 64.7 Å². The molecule has 1 aliphatic carbocycles. The van der Waals surface area contributed by atoms with E-state index in [1.807, 2.05) is 25.1 Å². The summed E-state index contributed by atoms with van der Waals surface area (Å²) < 4.78 is 0. The number of carbonyl (C=O) groups excluding carboxylic acids is 1. The zero-order valence-electron chi connectivity index (χ0n) is 13.2. The van der Waals surface area contributed by atoms with Crippen LogP contribution < -0.4 is 0 Å². The molecule has 0 aromatic heterocycles. The first-order valence-electron chi connectivity index (χ1n) is 7.70. The Bertz CT molecular complexity index is 763. The second kappa shape index (κ2) is 6.24. The Morgan fingerprint density at radius 2 is 1.91 bits per heavy atom. The minimum atomic E-state index is -0.462. The highest BCUT2D eigenvalue weighted by molar-refractivity contribution is 6.03. The lowest BCUT2D eigenvalue weighted by Crippen LogP contribution is -2.19. The lowest BCUT2D eigenvalue weighted by atomic mass is 9.83. The molecule has 4 nitrogen and oxygen atoms in total. The summed E-state index contributed by atoms with van der Waals surface area (Å²) in [6.45, 7) is 4.08. The van der Waals surface area contributed by atoms with Crippen molar-refractivity contribution in [3.8, 4) is 5.75 Å². The summed E-state index contributed by atoms with van der Waals surface area (Å²) in [5, 5.41) is 13.7. The highest BCUT2D eigenvalue weighted by Crippen LogP contribution is 2.28. The molecule has 2 aromatic rings. The van der Waals surface area contributed by atoms with Crippen LogP contribution in [0.2, 0.25) is 0 Å². The van der Waals surface area contributed by atoms with Gasteiger partial charge in [0.05, 0.1) is 11.3 Å². The van der Waals surface area contributed by atoms with Crippen molar-refractivity contribution in [3.63, 3.8) is 0 Å². The zero-order chi connectivity index (χ0) is 16.4. The summed E-state index contributed by atoms with van der Waals surface area (Å²) in [5.41, 5.74) is 4.29. The van der Waals surface area contributed by atoms with Crippen molar-refractivity contribution in [2.45, 2.75) is 26.7 Å². The van der Waals surface area contributed by atoms with Gasteiger partial charge in [-0.15, -0.1) is 0 Å². The molecule has 23 heavy (non-hydrogen) atoms. The normalized spacial score (nSPS) is 18.5. The van der Waals surface area contributed by atoms with E-state index in [0.717, 1.165) is 35.2 Å². The Morgan fingerprint density at radius 1 is 1.17 bits per heavy atom. The molecule has 0 spiro atoms. The van der Waals surface area contributed by atoms with Crippen molar-refractivity contribution in [2.24, 2.45) is 11.1 Å². The minimum absolute atomic E-state index is 0.244. The molecule has 0 fully saturated rings. The number of carbonyl (C=O) groups is 1. The van der Waals surface area contributed by atoms with Crippen molar-refractivity contribution in [1.82, 2.24) is 0 Å². The highest BCUT2D eigenvalue weighted by Gasteiger charge is 2.22. The molecule has 2 aromatic carbocycles. The summed E-state index contributed by atoms with van der Waals surface area (Å²) in [7, 11) is 0. The second-order valence-electron chi connectivity index (χ2n) is 6.14. The first-order chi connectivity index (χ1) is 11.0. The van der Waals surface area contributed by atoms with Gasteiger partial charge in [0, 0.05) is 5.56 Å². The number of phenolic OH excluding ortho intramolecular Hbond substituents is 1. The Balaban J connectivity index is 1.83. The van der Waals surface area contributed by atoms with Gasteiger partial charge < -0.3 is 9.94 Å². The van der Waals surface area contributed by atoms with Gasteiger partial charge in [0.2, 0.25) is 0 Å². The van der Waals surface area contributed by atoms with Crippen LogP contribution in [0.15, 0.2) is 47.6 Å². The van der Waals surface area contributed by atoms with Gasteiger partial charge in [0.1, 0.15) is 5.75 Å².